The molecule has 0 unspecified atom stereocenters. The number of aromatic hydroxyl groups is 1. The smallest absolute Gasteiger partial charge is 0.257 e. The second-order valence-electron chi connectivity index (χ2n) is 19.6. The first kappa shape index (κ1) is 54.2. The van der Waals surface area contributed by atoms with E-state index in [1.807, 2.05) is 207 Å². The molecule has 17 heteroatoms. The maximum absolute atomic E-state index is 12.5. The molecule has 1 amide bonds. The van der Waals surface area contributed by atoms with Gasteiger partial charge in [0, 0.05) is 99.7 Å². The Balaban J connectivity index is 0.000000125. The van der Waals surface area contributed by atoms with Crippen LogP contribution in [0.3, 0.4) is 0 Å². The number of anilines is 1. The monoisotopic (exact) mass is 1140 g/mol. The summed E-state index contributed by atoms with van der Waals surface area (Å²) in [4.78, 5) is 71.0. The molecule has 0 fully saturated rings. The van der Waals surface area contributed by atoms with Crippen molar-refractivity contribution < 1.29 is 19.4 Å². The SMILES string of the molecule is CC(=O)N(C)c1ccc(N=Cc2c(O)[nH]c3ccc4ncsc4c23)cc1.O=c1[nH]c2ccc3[nH]cccc3c2c1C=Nc1ccc(OCc2ccccc2)cc1.O=c1[nH]c2ccc3[nH]cccc3c2c1C=Nc1ccc(Oc2ccccc2)cc1. The molecule has 8 aromatic carbocycles. The lowest BCUT2D eigenvalue weighted by molar-refractivity contribution is -0.116. The Morgan fingerprint density at radius 2 is 1.02 bits per heavy atom. The third kappa shape index (κ3) is 12.0. The number of aliphatic imine (C=N–C) groups is 3. The predicted octanol–water partition coefficient (Wildman–Crippen LogP) is 15.1. The number of aromatic amines is 5. The van der Waals surface area contributed by atoms with E-state index in [1.165, 1.54) is 18.3 Å². The molecule has 6 N–H and O–H groups in total. The average Bonchev–Trinajstić information content (AvgIpc) is 4.13. The number of thiazole rings is 1. The normalized spacial score (nSPS) is 11.5. The summed E-state index contributed by atoms with van der Waals surface area (Å²) in [5.41, 5.74) is 12.7. The molecular formula is C68H52N10O6S. The molecule has 0 radical (unpaired) electrons. The topological polar surface area (TPSA) is 222 Å². The first-order chi connectivity index (χ1) is 41.6. The van der Waals surface area contributed by atoms with Crippen molar-refractivity contribution in [2.75, 3.05) is 11.9 Å². The maximum Gasteiger partial charge on any atom is 0.257 e. The highest BCUT2D eigenvalue weighted by Crippen LogP contribution is 2.35. The highest BCUT2D eigenvalue weighted by molar-refractivity contribution is 7.17. The van der Waals surface area contributed by atoms with Crippen molar-refractivity contribution in [1.29, 1.82) is 0 Å². The van der Waals surface area contributed by atoms with Crippen LogP contribution in [-0.2, 0) is 11.4 Å². The minimum Gasteiger partial charge on any atom is -0.494 e. The highest BCUT2D eigenvalue weighted by atomic mass is 32.1. The molecule has 6 aromatic heterocycles. The van der Waals surface area contributed by atoms with Gasteiger partial charge in [0.2, 0.25) is 5.91 Å². The second-order valence-corrected chi connectivity index (χ2v) is 20.5. The van der Waals surface area contributed by atoms with Crippen molar-refractivity contribution >= 4 is 123 Å². The first-order valence-corrected chi connectivity index (χ1v) is 27.9. The number of H-pyrrole nitrogens is 5. The minimum absolute atomic E-state index is 0.0291. The summed E-state index contributed by atoms with van der Waals surface area (Å²) in [6.07, 6.45) is 8.64. The number of nitrogens with zero attached hydrogens (tertiary/aromatic N) is 5. The van der Waals surface area contributed by atoms with Gasteiger partial charge in [-0.1, -0.05) is 60.7 Å². The number of ether oxygens (including phenoxy) is 2. The third-order valence-corrected chi connectivity index (χ3v) is 15.0. The van der Waals surface area contributed by atoms with Crippen LogP contribution in [0.2, 0.25) is 0 Å². The van der Waals surface area contributed by atoms with E-state index in [1.54, 1.807) is 36.1 Å². The molecule has 0 saturated heterocycles. The number of rotatable bonds is 12. The van der Waals surface area contributed by atoms with Crippen molar-refractivity contribution in [3.05, 3.63) is 255 Å². The van der Waals surface area contributed by atoms with Gasteiger partial charge in [-0.05, 0) is 139 Å². The standard InChI is InChI=1S/C25H19N3O2.C24H17N3O2.C19H16N4O2S/c29-25-21(24-20-7-4-14-26-22(20)12-13-23(24)28-25)15-27-18-8-10-19(11-9-18)30-16-17-5-2-1-3-6-17;28-24-20(23-19-7-4-14-25-21(19)12-13-22(23)27-24)15-26-16-8-10-18(11-9-16)29-17-5-2-1-3-6-17;1-11(24)23(2)13-5-3-12(4-6-13)20-9-14-17-15(22-19(14)25)7-8-16-18(17)26-10-21-16/h1-15,26H,16H2,(H,28,29);1-15,25H,(H,27,28);3-10,22,25H,1-2H3. The van der Waals surface area contributed by atoms with Gasteiger partial charge in [-0.2, -0.15) is 0 Å². The lowest BCUT2D eigenvalue weighted by atomic mass is 10.1. The molecule has 0 bridgehead atoms. The number of fused-ring (bicyclic) bond motifs is 9. The Hall–Kier alpha value is -11.4. The molecule has 0 saturated carbocycles. The number of nitrogens with one attached hydrogen (secondary N) is 5. The molecule has 14 aromatic rings. The highest BCUT2D eigenvalue weighted by Gasteiger charge is 2.16. The fourth-order valence-corrected chi connectivity index (χ4v) is 10.6. The molecule has 0 aliphatic carbocycles. The van der Waals surface area contributed by atoms with Crippen LogP contribution in [0.25, 0.3) is 64.7 Å². The number of carbonyl (C=O) groups is 1. The van der Waals surface area contributed by atoms with E-state index in [4.69, 9.17) is 9.47 Å². The van der Waals surface area contributed by atoms with Crippen LogP contribution in [-0.4, -0.2) is 66.6 Å². The predicted molar refractivity (Wildman–Crippen MR) is 343 cm³/mol. The van der Waals surface area contributed by atoms with Gasteiger partial charge in [-0.15, -0.1) is 11.3 Å². The minimum atomic E-state index is -0.149. The second kappa shape index (κ2) is 24.3. The number of aromatic nitrogens is 6. The van der Waals surface area contributed by atoms with E-state index in [9.17, 15) is 19.5 Å². The number of hydrogen-bond donors (Lipinski definition) is 6. The molecule has 14 rings (SSSR count). The summed E-state index contributed by atoms with van der Waals surface area (Å²) in [7, 11) is 1.73. The van der Waals surface area contributed by atoms with Gasteiger partial charge in [-0.3, -0.25) is 29.4 Å². The lowest BCUT2D eigenvalue weighted by Gasteiger charge is -2.14. The van der Waals surface area contributed by atoms with Crippen LogP contribution in [0.1, 0.15) is 29.2 Å². The number of para-hydroxylation sites is 1. The molecule has 0 aliphatic rings. The summed E-state index contributed by atoms with van der Waals surface area (Å²) < 4.78 is 12.6. The Labute approximate surface area is 488 Å². The maximum atomic E-state index is 12.5. The quantitative estimate of drug-likeness (QED) is 0.0649. The van der Waals surface area contributed by atoms with Crippen molar-refractivity contribution in [3.63, 3.8) is 0 Å². The molecule has 416 valence electrons. The zero-order valence-corrected chi connectivity index (χ0v) is 46.6. The third-order valence-electron chi connectivity index (χ3n) is 14.1. The molecule has 6 heterocycles. The molecule has 0 aliphatic heterocycles. The molecule has 0 spiro atoms. The van der Waals surface area contributed by atoms with E-state index >= 15 is 0 Å². The first-order valence-electron chi connectivity index (χ1n) is 27.0. The van der Waals surface area contributed by atoms with Gasteiger partial charge in [0.1, 0.15) is 23.9 Å². The Bertz CT molecular complexity index is 4910. The average molecular weight is 1140 g/mol. The van der Waals surface area contributed by atoms with Gasteiger partial charge >= 0.3 is 0 Å². The van der Waals surface area contributed by atoms with Gasteiger partial charge in [0.05, 0.1) is 55.0 Å². The molecule has 0 atom stereocenters. The van der Waals surface area contributed by atoms with Crippen molar-refractivity contribution in [1.82, 2.24) is 29.9 Å². The van der Waals surface area contributed by atoms with Crippen molar-refractivity contribution in [2.45, 2.75) is 13.5 Å². The van der Waals surface area contributed by atoms with Crippen LogP contribution in [0.4, 0.5) is 22.7 Å². The lowest BCUT2D eigenvalue weighted by Crippen LogP contribution is -2.22. The Kier molecular flexibility index (Phi) is 15.5. The number of carbonyl (C=O) groups excluding carboxylic acids is 1. The molecule has 16 nitrogen and oxygen atoms in total. The van der Waals surface area contributed by atoms with Crippen LogP contribution >= 0.6 is 11.3 Å². The summed E-state index contributed by atoms with van der Waals surface area (Å²) >= 11 is 1.53. The van der Waals surface area contributed by atoms with E-state index < -0.39 is 0 Å². The fourth-order valence-electron chi connectivity index (χ4n) is 9.74. The van der Waals surface area contributed by atoms with Gasteiger partial charge in [-0.25, -0.2) is 4.98 Å². The number of benzene rings is 8. The number of pyridine rings is 2. The van der Waals surface area contributed by atoms with Crippen molar-refractivity contribution in [3.8, 4) is 23.1 Å². The number of hydrogen-bond acceptors (Lipinski definition) is 11. The fraction of sp³-hybridized carbons (Fsp3) is 0.0441. The van der Waals surface area contributed by atoms with Crippen LogP contribution in [0.5, 0.6) is 23.1 Å². The Morgan fingerprint density at radius 3 is 1.59 bits per heavy atom. The van der Waals surface area contributed by atoms with Gasteiger partial charge < -0.3 is 44.4 Å². The summed E-state index contributed by atoms with van der Waals surface area (Å²) in [5, 5.41) is 14.9. The van der Waals surface area contributed by atoms with Crippen molar-refractivity contribution in [2.24, 2.45) is 15.0 Å². The number of amides is 1. The van der Waals surface area contributed by atoms with Crippen LogP contribution in [0.15, 0.2) is 237 Å². The van der Waals surface area contributed by atoms with Gasteiger partial charge in [0.25, 0.3) is 11.1 Å². The Morgan fingerprint density at radius 1 is 0.541 bits per heavy atom. The van der Waals surface area contributed by atoms with E-state index in [0.717, 1.165) is 110 Å². The van der Waals surface area contributed by atoms with E-state index in [-0.39, 0.29) is 22.9 Å². The largest absolute Gasteiger partial charge is 0.494 e. The molecular weight excluding hydrogens is 1080 g/mol. The van der Waals surface area contributed by atoms with E-state index in [2.05, 4.69) is 44.9 Å². The van der Waals surface area contributed by atoms with E-state index in [0.29, 0.717) is 23.3 Å². The van der Waals surface area contributed by atoms with Crippen LogP contribution in [0, 0.1) is 0 Å². The summed E-state index contributed by atoms with van der Waals surface area (Å²) in [5.74, 6) is 2.34. The summed E-state index contributed by atoms with van der Waals surface area (Å²) in [6.45, 7) is 2.04. The van der Waals surface area contributed by atoms with Gasteiger partial charge in [0.15, 0.2) is 5.88 Å². The zero-order valence-electron chi connectivity index (χ0n) is 45.8. The zero-order chi connectivity index (χ0) is 58.2. The van der Waals surface area contributed by atoms with Crippen LogP contribution < -0.4 is 25.5 Å². The molecule has 85 heavy (non-hydrogen) atoms. The summed E-state index contributed by atoms with van der Waals surface area (Å²) in [6, 6.07) is 61.3.